The minimum absolute atomic E-state index is 0.0444. The summed E-state index contributed by atoms with van der Waals surface area (Å²) >= 11 is 0. The molecule has 0 radical (unpaired) electrons. The van der Waals surface area contributed by atoms with E-state index in [-0.39, 0.29) is 5.83 Å². The zero-order valence-corrected chi connectivity index (χ0v) is 8.46. The van der Waals surface area contributed by atoms with Gasteiger partial charge in [-0.15, -0.1) is 0 Å². The SMILES string of the molecule is CN1CCN(C2=C(F)CNC=C2)CC1. The van der Waals surface area contributed by atoms with Crippen molar-refractivity contribution in [3.63, 3.8) is 0 Å². The highest BCUT2D eigenvalue weighted by atomic mass is 19.1. The lowest BCUT2D eigenvalue weighted by molar-refractivity contribution is 0.186. The van der Waals surface area contributed by atoms with Crippen molar-refractivity contribution in [2.24, 2.45) is 0 Å². The molecule has 1 N–H and O–H groups in total. The Hall–Kier alpha value is -1.03. The van der Waals surface area contributed by atoms with Gasteiger partial charge in [0.2, 0.25) is 0 Å². The predicted octanol–water partition coefficient (Wildman–Crippen LogP) is 0.532. The third-order valence-electron chi connectivity index (χ3n) is 2.74. The molecule has 1 fully saturated rings. The number of nitrogens with one attached hydrogen (secondary N) is 1. The summed E-state index contributed by atoms with van der Waals surface area (Å²) in [7, 11) is 2.10. The number of rotatable bonds is 1. The van der Waals surface area contributed by atoms with E-state index < -0.39 is 0 Å². The zero-order valence-electron chi connectivity index (χ0n) is 8.46. The maximum atomic E-state index is 13.4. The van der Waals surface area contributed by atoms with Gasteiger partial charge in [-0.1, -0.05) is 0 Å². The van der Waals surface area contributed by atoms with E-state index in [1.54, 1.807) is 0 Å². The number of dihydropyridines is 1. The van der Waals surface area contributed by atoms with Crippen LogP contribution in [0.1, 0.15) is 0 Å². The summed E-state index contributed by atoms with van der Waals surface area (Å²) in [6.45, 7) is 4.20. The molecule has 4 heteroatoms. The van der Waals surface area contributed by atoms with Crippen molar-refractivity contribution in [3.05, 3.63) is 23.8 Å². The van der Waals surface area contributed by atoms with Gasteiger partial charge < -0.3 is 15.1 Å². The number of allylic oxidation sites excluding steroid dienone is 1. The third-order valence-corrected chi connectivity index (χ3v) is 2.74. The highest BCUT2D eigenvalue weighted by Crippen LogP contribution is 2.17. The first kappa shape index (κ1) is 9.52. The quantitative estimate of drug-likeness (QED) is 0.661. The average molecular weight is 197 g/mol. The smallest absolute Gasteiger partial charge is 0.142 e. The molecule has 0 atom stereocenters. The molecule has 0 aromatic heterocycles. The second kappa shape index (κ2) is 4.00. The Morgan fingerprint density at radius 3 is 2.64 bits per heavy atom. The first-order valence-electron chi connectivity index (χ1n) is 4.99. The minimum Gasteiger partial charge on any atom is -0.384 e. The van der Waals surface area contributed by atoms with Crippen molar-refractivity contribution in [2.45, 2.75) is 0 Å². The van der Waals surface area contributed by atoms with E-state index in [0.717, 1.165) is 31.9 Å². The molecular weight excluding hydrogens is 181 g/mol. The van der Waals surface area contributed by atoms with E-state index in [2.05, 4.69) is 22.2 Å². The van der Waals surface area contributed by atoms with Crippen molar-refractivity contribution in [1.29, 1.82) is 0 Å². The molecule has 2 rings (SSSR count). The number of likely N-dealkylation sites (N-methyl/N-ethyl adjacent to an activating group) is 1. The van der Waals surface area contributed by atoms with Crippen molar-refractivity contribution in [3.8, 4) is 0 Å². The fourth-order valence-electron chi connectivity index (χ4n) is 1.79. The molecule has 0 aliphatic carbocycles. The van der Waals surface area contributed by atoms with Gasteiger partial charge in [-0.25, -0.2) is 4.39 Å². The van der Waals surface area contributed by atoms with Gasteiger partial charge in [-0.3, -0.25) is 0 Å². The summed E-state index contributed by atoms with van der Waals surface area (Å²) in [6.07, 6.45) is 3.64. The van der Waals surface area contributed by atoms with Crippen LogP contribution in [0.4, 0.5) is 4.39 Å². The Kier molecular flexibility index (Phi) is 2.72. The summed E-state index contributed by atoms with van der Waals surface area (Å²) in [5.41, 5.74) is 0.761. The molecule has 0 aromatic carbocycles. The van der Waals surface area contributed by atoms with Crippen LogP contribution in [0.5, 0.6) is 0 Å². The Balaban J connectivity index is 2.04. The average Bonchev–Trinajstić information content (AvgIpc) is 2.20. The van der Waals surface area contributed by atoms with Gasteiger partial charge in [0.1, 0.15) is 5.83 Å². The van der Waals surface area contributed by atoms with Crippen molar-refractivity contribution >= 4 is 0 Å². The molecule has 14 heavy (non-hydrogen) atoms. The van der Waals surface area contributed by atoms with E-state index in [1.165, 1.54) is 0 Å². The predicted molar refractivity (Wildman–Crippen MR) is 54.3 cm³/mol. The van der Waals surface area contributed by atoms with Crippen LogP contribution in [0, 0.1) is 0 Å². The van der Waals surface area contributed by atoms with E-state index in [4.69, 9.17) is 0 Å². The topological polar surface area (TPSA) is 18.5 Å². The lowest BCUT2D eigenvalue weighted by Gasteiger charge is -2.35. The molecule has 3 nitrogen and oxygen atoms in total. The third kappa shape index (κ3) is 1.90. The molecular formula is C10H16FN3. The number of hydrogen-bond donors (Lipinski definition) is 1. The Morgan fingerprint density at radius 2 is 2.00 bits per heavy atom. The zero-order chi connectivity index (χ0) is 9.97. The molecule has 0 bridgehead atoms. The van der Waals surface area contributed by atoms with E-state index in [1.807, 2.05) is 12.3 Å². The summed E-state index contributed by atoms with van der Waals surface area (Å²) in [5.74, 6) is -0.0444. The second-order valence-corrected chi connectivity index (χ2v) is 3.79. The maximum absolute atomic E-state index is 13.4. The Morgan fingerprint density at radius 1 is 1.29 bits per heavy atom. The van der Waals surface area contributed by atoms with Gasteiger partial charge in [-0.2, -0.15) is 0 Å². The minimum atomic E-state index is -0.0444. The number of halogens is 1. The number of nitrogens with zero attached hydrogens (tertiary/aromatic N) is 2. The molecule has 0 unspecified atom stereocenters. The summed E-state index contributed by atoms with van der Waals surface area (Å²) in [5, 5.41) is 2.86. The van der Waals surface area contributed by atoms with Crippen LogP contribution in [0.2, 0.25) is 0 Å². The van der Waals surface area contributed by atoms with E-state index in [0.29, 0.717) is 6.54 Å². The van der Waals surface area contributed by atoms with Gasteiger partial charge >= 0.3 is 0 Å². The van der Waals surface area contributed by atoms with Gasteiger partial charge in [0.05, 0.1) is 12.2 Å². The summed E-state index contributed by atoms with van der Waals surface area (Å²) in [4.78, 5) is 4.38. The van der Waals surface area contributed by atoms with E-state index >= 15 is 0 Å². The molecule has 0 amide bonds. The van der Waals surface area contributed by atoms with Crippen molar-refractivity contribution in [2.75, 3.05) is 39.8 Å². The van der Waals surface area contributed by atoms with Gasteiger partial charge in [0.25, 0.3) is 0 Å². The van der Waals surface area contributed by atoms with Crippen LogP contribution < -0.4 is 5.32 Å². The van der Waals surface area contributed by atoms with Crippen molar-refractivity contribution < 1.29 is 4.39 Å². The first-order valence-corrected chi connectivity index (χ1v) is 4.99. The van der Waals surface area contributed by atoms with Gasteiger partial charge in [0.15, 0.2) is 0 Å². The van der Waals surface area contributed by atoms with Crippen molar-refractivity contribution in [1.82, 2.24) is 15.1 Å². The van der Waals surface area contributed by atoms with E-state index in [9.17, 15) is 4.39 Å². The molecule has 0 spiro atoms. The second-order valence-electron chi connectivity index (χ2n) is 3.79. The summed E-state index contributed by atoms with van der Waals surface area (Å²) in [6, 6.07) is 0. The van der Waals surface area contributed by atoms with Gasteiger partial charge in [-0.05, 0) is 19.3 Å². The molecule has 2 aliphatic rings. The fourth-order valence-corrected chi connectivity index (χ4v) is 1.79. The largest absolute Gasteiger partial charge is 0.384 e. The maximum Gasteiger partial charge on any atom is 0.142 e. The molecule has 2 heterocycles. The highest BCUT2D eigenvalue weighted by molar-refractivity contribution is 5.25. The van der Waals surface area contributed by atoms with Crippen LogP contribution >= 0.6 is 0 Å². The lowest BCUT2D eigenvalue weighted by atomic mass is 10.2. The van der Waals surface area contributed by atoms with Crippen LogP contribution in [-0.4, -0.2) is 49.6 Å². The van der Waals surface area contributed by atoms with Crippen LogP contribution in [0.15, 0.2) is 23.8 Å². The fraction of sp³-hybridized carbons (Fsp3) is 0.600. The standard InChI is InChI=1S/C10H16FN3/c1-13-4-6-14(7-5-13)10-2-3-12-8-9(10)11/h2-3,12H,4-8H2,1H3. The highest BCUT2D eigenvalue weighted by Gasteiger charge is 2.19. The number of piperazine rings is 1. The molecule has 0 aromatic rings. The normalized spacial score (nSPS) is 24.0. The molecule has 78 valence electrons. The molecule has 1 saturated heterocycles. The van der Waals surface area contributed by atoms with Crippen LogP contribution in [0.3, 0.4) is 0 Å². The summed E-state index contributed by atoms with van der Waals surface area (Å²) < 4.78 is 13.4. The van der Waals surface area contributed by atoms with Crippen LogP contribution in [0.25, 0.3) is 0 Å². The number of hydrogen-bond acceptors (Lipinski definition) is 3. The van der Waals surface area contributed by atoms with Crippen LogP contribution in [-0.2, 0) is 0 Å². The Bertz CT molecular complexity index is 265. The monoisotopic (exact) mass is 197 g/mol. The first-order chi connectivity index (χ1) is 6.77. The molecule has 2 aliphatic heterocycles. The molecule has 0 saturated carbocycles. The Labute approximate surface area is 83.9 Å². The lowest BCUT2D eigenvalue weighted by Crippen LogP contribution is -2.44. The van der Waals surface area contributed by atoms with Gasteiger partial charge in [0, 0.05) is 26.2 Å².